The maximum Gasteiger partial charge on any atom is 0.243 e. The number of hydrogen-bond donors (Lipinski definition) is 1. The summed E-state index contributed by atoms with van der Waals surface area (Å²) < 4.78 is 32.5. The molecule has 1 fully saturated rings. The zero-order chi connectivity index (χ0) is 15.5. The maximum absolute atomic E-state index is 12.7. The van der Waals surface area contributed by atoms with Crippen LogP contribution in [0.4, 0.5) is 0 Å². The first kappa shape index (κ1) is 16.3. The minimum Gasteiger partial charge on any atom is -0.494 e. The van der Waals surface area contributed by atoms with Gasteiger partial charge in [0, 0.05) is 12.1 Å². The third kappa shape index (κ3) is 3.56. The van der Waals surface area contributed by atoms with Crippen molar-refractivity contribution >= 4 is 10.0 Å². The zero-order valence-electron chi connectivity index (χ0n) is 12.7. The summed E-state index contributed by atoms with van der Waals surface area (Å²) in [5.74, 6) is 0.670. The Morgan fingerprint density at radius 3 is 2.48 bits per heavy atom. The summed E-state index contributed by atoms with van der Waals surface area (Å²) in [7, 11) is -3.43. The van der Waals surface area contributed by atoms with Crippen molar-refractivity contribution in [3.8, 4) is 5.75 Å². The summed E-state index contributed by atoms with van der Waals surface area (Å²) in [6.07, 6.45) is 2.58. The maximum atomic E-state index is 12.7. The standard InChI is InChI=1S/C15H24N2O3S/c1-15(2)9-3-11-17(15)21(18,19)14-7-5-13(6-8-14)20-12-4-10-16/h5-8H,3-4,9-12,16H2,1-2H3. The van der Waals surface area contributed by atoms with Crippen LogP contribution in [0.5, 0.6) is 5.75 Å². The van der Waals surface area contributed by atoms with Gasteiger partial charge in [0.05, 0.1) is 11.5 Å². The molecule has 118 valence electrons. The van der Waals surface area contributed by atoms with E-state index in [1.807, 2.05) is 13.8 Å². The lowest BCUT2D eigenvalue weighted by Crippen LogP contribution is -2.42. The first-order valence-corrected chi connectivity index (χ1v) is 8.78. The molecule has 2 rings (SSSR count). The van der Waals surface area contributed by atoms with Gasteiger partial charge >= 0.3 is 0 Å². The van der Waals surface area contributed by atoms with Crippen molar-refractivity contribution in [1.29, 1.82) is 0 Å². The summed E-state index contributed by atoms with van der Waals surface area (Å²) in [6.45, 7) is 5.66. The van der Waals surface area contributed by atoms with E-state index >= 15 is 0 Å². The van der Waals surface area contributed by atoms with E-state index < -0.39 is 10.0 Å². The van der Waals surface area contributed by atoms with Crippen molar-refractivity contribution in [2.45, 2.75) is 43.5 Å². The van der Waals surface area contributed by atoms with Crippen LogP contribution < -0.4 is 10.5 Å². The Hall–Kier alpha value is -1.11. The van der Waals surface area contributed by atoms with Gasteiger partial charge < -0.3 is 10.5 Å². The van der Waals surface area contributed by atoms with E-state index in [2.05, 4.69) is 0 Å². The molecule has 1 saturated heterocycles. The van der Waals surface area contributed by atoms with Crippen LogP contribution >= 0.6 is 0 Å². The molecule has 0 amide bonds. The lowest BCUT2D eigenvalue weighted by molar-refractivity contribution is 0.291. The molecule has 0 unspecified atom stereocenters. The second-order valence-electron chi connectivity index (χ2n) is 5.96. The molecule has 0 atom stereocenters. The second kappa shape index (κ2) is 6.34. The monoisotopic (exact) mass is 312 g/mol. The lowest BCUT2D eigenvalue weighted by atomic mass is 10.0. The van der Waals surface area contributed by atoms with Gasteiger partial charge in [-0.15, -0.1) is 0 Å². The molecule has 0 bridgehead atoms. The van der Waals surface area contributed by atoms with E-state index in [1.165, 1.54) is 0 Å². The fourth-order valence-corrected chi connectivity index (χ4v) is 4.48. The second-order valence-corrected chi connectivity index (χ2v) is 7.82. The molecule has 1 aliphatic rings. The third-order valence-electron chi connectivity index (χ3n) is 3.85. The number of nitrogens with two attached hydrogens (primary N) is 1. The van der Waals surface area contributed by atoms with Crippen molar-refractivity contribution in [1.82, 2.24) is 4.31 Å². The molecule has 2 N–H and O–H groups in total. The number of rotatable bonds is 6. The molecule has 0 radical (unpaired) electrons. The van der Waals surface area contributed by atoms with Gasteiger partial charge in [0.2, 0.25) is 10.0 Å². The van der Waals surface area contributed by atoms with E-state index in [1.54, 1.807) is 28.6 Å². The van der Waals surface area contributed by atoms with Crippen LogP contribution in [0.3, 0.4) is 0 Å². The number of ether oxygens (including phenoxy) is 1. The smallest absolute Gasteiger partial charge is 0.243 e. The number of benzene rings is 1. The molecule has 0 saturated carbocycles. The van der Waals surface area contributed by atoms with E-state index in [4.69, 9.17) is 10.5 Å². The third-order valence-corrected chi connectivity index (χ3v) is 5.98. The minimum absolute atomic E-state index is 0.310. The highest BCUT2D eigenvalue weighted by Crippen LogP contribution is 2.34. The highest BCUT2D eigenvalue weighted by atomic mass is 32.2. The molecule has 1 aromatic carbocycles. The SMILES string of the molecule is CC1(C)CCCN1S(=O)(=O)c1ccc(OCCCN)cc1. The molecule has 0 spiro atoms. The van der Waals surface area contributed by atoms with Crippen LogP contribution in [0, 0.1) is 0 Å². The molecule has 5 nitrogen and oxygen atoms in total. The Kier molecular flexibility index (Phi) is 4.91. The average Bonchev–Trinajstić information content (AvgIpc) is 2.80. The Morgan fingerprint density at radius 2 is 1.95 bits per heavy atom. The van der Waals surface area contributed by atoms with Crippen LogP contribution in [0.15, 0.2) is 29.2 Å². The largest absolute Gasteiger partial charge is 0.494 e. The molecule has 1 aliphatic heterocycles. The van der Waals surface area contributed by atoms with Crippen molar-refractivity contribution in [2.24, 2.45) is 5.73 Å². The van der Waals surface area contributed by atoms with Gasteiger partial charge in [-0.3, -0.25) is 0 Å². The minimum atomic E-state index is -3.43. The predicted molar refractivity (Wildman–Crippen MR) is 82.8 cm³/mol. The number of nitrogens with zero attached hydrogens (tertiary/aromatic N) is 1. The summed E-state index contributed by atoms with van der Waals surface area (Å²) in [6, 6.07) is 6.63. The van der Waals surface area contributed by atoms with Gasteiger partial charge in [-0.2, -0.15) is 4.31 Å². The fraction of sp³-hybridized carbons (Fsp3) is 0.600. The molecule has 1 heterocycles. The highest BCUT2D eigenvalue weighted by Gasteiger charge is 2.40. The molecule has 0 aliphatic carbocycles. The summed E-state index contributed by atoms with van der Waals surface area (Å²) in [5, 5.41) is 0. The summed E-state index contributed by atoms with van der Waals surface area (Å²) in [5.41, 5.74) is 5.09. The van der Waals surface area contributed by atoms with Crippen LogP contribution in [0.25, 0.3) is 0 Å². The van der Waals surface area contributed by atoms with E-state index in [0.717, 1.165) is 19.3 Å². The van der Waals surface area contributed by atoms with Crippen LogP contribution in [0.1, 0.15) is 33.1 Å². The fourth-order valence-electron chi connectivity index (χ4n) is 2.64. The van der Waals surface area contributed by atoms with Gasteiger partial charge in [0.15, 0.2) is 0 Å². The van der Waals surface area contributed by atoms with E-state index in [-0.39, 0.29) is 5.54 Å². The Labute approximate surface area is 127 Å². The normalized spacial score (nSPS) is 18.8. The zero-order valence-corrected chi connectivity index (χ0v) is 13.5. The first-order valence-electron chi connectivity index (χ1n) is 7.34. The molecule has 1 aromatic rings. The Bertz CT molecular complexity index is 567. The van der Waals surface area contributed by atoms with Crippen molar-refractivity contribution in [2.75, 3.05) is 19.7 Å². The first-order chi connectivity index (χ1) is 9.88. The average molecular weight is 312 g/mol. The van der Waals surface area contributed by atoms with Crippen molar-refractivity contribution < 1.29 is 13.2 Å². The van der Waals surface area contributed by atoms with Crippen molar-refractivity contribution in [3.05, 3.63) is 24.3 Å². The summed E-state index contributed by atoms with van der Waals surface area (Å²) >= 11 is 0. The van der Waals surface area contributed by atoms with Gasteiger partial charge in [-0.1, -0.05) is 0 Å². The molecular formula is C15H24N2O3S. The quantitative estimate of drug-likeness (QED) is 0.815. The molecule has 0 aromatic heterocycles. The number of hydrogen-bond acceptors (Lipinski definition) is 4. The molecular weight excluding hydrogens is 288 g/mol. The van der Waals surface area contributed by atoms with Crippen molar-refractivity contribution in [3.63, 3.8) is 0 Å². The van der Waals surface area contributed by atoms with E-state index in [9.17, 15) is 8.42 Å². The Morgan fingerprint density at radius 1 is 1.29 bits per heavy atom. The Balaban J connectivity index is 2.14. The number of sulfonamides is 1. The topological polar surface area (TPSA) is 72.6 Å². The summed E-state index contributed by atoms with van der Waals surface area (Å²) in [4.78, 5) is 0.323. The lowest BCUT2D eigenvalue weighted by Gasteiger charge is -2.30. The van der Waals surface area contributed by atoms with Crippen LogP contribution in [0.2, 0.25) is 0 Å². The van der Waals surface area contributed by atoms with Crippen LogP contribution in [-0.2, 0) is 10.0 Å². The molecule has 21 heavy (non-hydrogen) atoms. The van der Waals surface area contributed by atoms with Gasteiger partial charge in [0.25, 0.3) is 0 Å². The van der Waals surface area contributed by atoms with Gasteiger partial charge in [-0.25, -0.2) is 8.42 Å². The predicted octanol–water partition coefficient (Wildman–Crippen LogP) is 1.98. The van der Waals surface area contributed by atoms with Crippen LogP contribution in [-0.4, -0.2) is 38.0 Å². The van der Waals surface area contributed by atoms with E-state index in [0.29, 0.717) is 30.3 Å². The highest BCUT2D eigenvalue weighted by molar-refractivity contribution is 7.89. The van der Waals surface area contributed by atoms with Gasteiger partial charge in [0.1, 0.15) is 5.75 Å². The molecule has 6 heteroatoms. The van der Waals surface area contributed by atoms with Gasteiger partial charge in [-0.05, 0) is 63.9 Å².